The number of carbonyl (C=O) groups excluding carboxylic acids is 1. The van der Waals surface area contributed by atoms with E-state index in [4.69, 9.17) is 0 Å². The zero-order valence-corrected chi connectivity index (χ0v) is 16.4. The average Bonchev–Trinajstić information content (AvgIpc) is 3.39. The maximum Gasteiger partial charge on any atom is 0.274 e. The first-order valence-electron chi connectivity index (χ1n) is 9.92. The van der Waals surface area contributed by atoms with Crippen molar-refractivity contribution < 1.29 is 4.79 Å². The lowest BCUT2D eigenvalue weighted by Gasteiger charge is -2.14. The highest BCUT2D eigenvalue weighted by molar-refractivity contribution is 5.92. The van der Waals surface area contributed by atoms with E-state index in [0.29, 0.717) is 25.3 Å². The maximum atomic E-state index is 12.7. The van der Waals surface area contributed by atoms with Crippen molar-refractivity contribution in [2.24, 2.45) is 0 Å². The van der Waals surface area contributed by atoms with Crippen LogP contribution in [0.15, 0.2) is 36.9 Å². The highest BCUT2D eigenvalue weighted by Gasteiger charge is 2.25. The number of amides is 1. The van der Waals surface area contributed by atoms with Crippen molar-refractivity contribution in [3.05, 3.63) is 76.3 Å². The SMILES string of the molecule is Cc1cnc(C(=O)N2Cc3ccc(CNc4ncnc5c4CCC5)cc3C2)cn1. The van der Waals surface area contributed by atoms with Crippen LogP contribution in [-0.2, 0) is 32.5 Å². The van der Waals surface area contributed by atoms with Crippen LogP contribution in [0, 0.1) is 6.92 Å². The van der Waals surface area contributed by atoms with E-state index >= 15 is 0 Å². The second-order valence-corrected chi connectivity index (χ2v) is 7.66. The lowest BCUT2D eigenvalue weighted by molar-refractivity contribution is 0.0745. The number of fused-ring (bicyclic) bond motifs is 2. The predicted molar refractivity (Wildman–Crippen MR) is 108 cm³/mol. The number of aromatic nitrogens is 4. The van der Waals surface area contributed by atoms with E-state index in [1.165, 1.54) is 27.9 Å². The summed E-state index contributed by atoms with van der Waals surface area (Å²) < 4.78 is 0. The third-order valence-electron chi connectivity index (χ3n) is 5.62. The molecule has 0 fully saturated rings. The molecule has 0 spiro atoms. The third kappa shape index (κ3) is 3.44. The Morgan fingerprint density at radius 3 is 2.83 bits per heavy atom. The average molecular weight is 386 g/mol. The Balaban J connectivity index is 1.27. The van der Waals surface area contributed by atoms with Gasteiger partial charge in [0.05, 0.1) is 11.9 Å². The Hall–Kier alpha value is -3.35. The number of hydrogen-bond donors (Lipinski definition) is 1. The minimum Gasteiger partial charge on any atom is -0.366 e. The van der Waals surface area contributed by atoms with E-state index in [9.17, 15) is 4.79 Å². The molecule has 0 atom stereocenters. The van der Waals surface area contributed by atoms with Crippen LogP contribution < -0.4 is 5.32 Å². The van der Waals surface area contributed by atoms with Gasteiger partial charge in [-0.15, -0.1) is 0 Å². The van der Waals surface area contributed by atoms with Crippen molar-refractivity contribution in [2.45, 2.75) is 45.8 Å². The normalized spacial score (nSPS) is 14.6. The lowest BCUT2D eigenvalue weighted by Crippen LogP contribution is -2.26. The Bertz CT molecular complexity index is 1080. The summed E-state index contributed by atoms with van der Waals surface area (Å²) in [6.07, 6.45) is 8.06. The quantitative estimate of drug-likeness (QED) is 0.742. The zero-order chi connectivity index (χ0) is 19.8. The summed E-state index contributed by atoms with van der Waals surface area (Å²) >= 11 is 0. The lowest BCUT2D eigenvalue weighted by atomic mass is 10.1. The molecule has 0 unspecified atom stereocenters. The first-order chi connectivity index (χ1) is 14.2. The second-order valence-electron chi connectivity index (χ2n) is 7.66. The zero-order valence-electron chi connectivity index (χ0n) is 16.4. The molecule has 0 bridgehead atoms. The molecule has 1 N–H and O–H groups in total. The fourth-order valence-electron chi connectivity index (χ4n) is 4.06. The molecule has 3 aromatic rings. The molecule has 146 valence electrons. The van der Waals surface area contributed by atoms with Gasteiger partial charge in [-0.05, 0) is 42.9 Å². The number of nitrogens with one attached hydrogen (secondary N) is 1. The van der Waals surface area contributed by atoms with Gasteiger partial charge >= 0.3 is 0 Å². The van der Waals surface area contributed by atoms with E-state index < -0.39 is 0 Å². The molecular weight excluding hydrogens is 364 g/mol. The summed E-state index contributed by atoms with van der Waals surface area (Å²) in [5.74, 6) is 0.868. The van der Waals surface area contributed by atoms with Crippen LogP contribution in [-0.4, -0.2) is 30.7 Å². The molecule has 7 heteroatoms. The Labute approximate surface area is 169 Å². The first-order valence-corrected chi connectivity index (χ1v) is 9.92. The monoisotopic (exact) mass is 386 g/mol. The van der Waals surface area contributed by atoms with Crippen LogP contribution in [0.3, 0.4) is 0 Å². The maximum absolute atomic E-state index is 12.7. The number of carbonyl (C=O) groups is 1. The minimum atomic E-state index is -0.0788. The van der Waals surface area contributed by atoms with Gasteiger partial charge in [0.1, 0.15) is 17.8 Å². The molecule has 1 aliphatic carbocycles. The minimum absolute atomic E-state index is 0.0788. The standard InChI is InChI=1S/C22H22N6O/c1-14-8-24-20(10-23-14)22(29)28-11-16-6-5-15(7-17(16)12-28)9-25-21-18-3-2-4-19(18)26-13-27-21/h5-8,10,13H,2-4,9,11-12H2,1H3,(H,25,26,27). The van der Waals surface area contributed by atoms with Gasteiger partial charge in [-0.25, -0.2) is 15.0 Å². The highest BCUT2D eigenvalue weighted by atomic mass is 16.2. The van der Waals surface area contributed by atoms with Crippen LogP contribution >= 0.6 is 0 Å². The summed E-state index contributed by atoms with van der Waals surface area (Å²) in [6.45, 7) is 3.77. The van der Waals surface area contributed by atoms with Crippen LogP contribution in [0.5, 0.6) is 0 Å². The molecule has 2 aliphatic rings. The molecule has 0 radical (unpaired) electrons. The van der Waals surface area contributed by atoms with Crippen LogP contribution in [0.2, 0.25) is 0 Å². The van der Waals surface area contributed by atoms with Gasteiger partial charge in [-0.1, -0.05) is 18.2 Å². The molecule has 3 heterocycles. The Kier molecular flexibility index (Phi) is 4.42. The number of hydrogen-bond acceptors (Lipinski definition) is 6. The van der Waals surface area contributed by atoms with Crippen molar-refractivity contribution in [3.63, 3.8) is 0 Å². The van der Waals surface area contributed by atoms with E-state index in [-0.39, 0.29) is 5.91 Å². The Morgan fingerprint density at radius 1 is 1.07 bits per heavy atom. The smallest absolute Gasteiger partial charge is 0.274 e. The van der Waals surface area contributed by atoms with E-state index in [2.05, 4.69) is 43.5 Å². The van der Waals surface area contributed by atoms with Gasteiger partial charge < -0.3 is 10.2 Å². The molecule has 0 saturated carbocycles. The van der Waals surface area contributed by atoms with Gasteiger partial charge in [0.2, 0.25) is 0 Å². The molecule has 5 rings (SSSR count). The summed E-state index contributed by atoms with van der Waals surface area (Å²) in [4.78, 5) is 31.8. The van der Waals surface area contributed by atoms with Crippen molar-refractivity contribution in [1.82, 2.24) is 24.8 Å². The van der Waals surface area contributed by atoms with Crippen LogP contribution in [0.1, 0.15) is 50.6 Å². The fraction of sp³-hybridized carbons (Fsp3) is 0.318. The Morgan fingerprint density at radius 2 is 1.97 bits per heavy atom. The first kappa shape index (κ1) is 17.7. The molecular formula is C22H22N6O. The summed E-state index contributed by atoms with van der Waals surface area (Å²) in [7, 11) is 0. The molecule has 2 aromatic heterocycles. The highest BCUT2D eigenvalue weighted by Crippen LogP contribution is 2.27. The van der Waals surface area contributed by atoms with Crippen LogP contribution in [0.25, 0.3) is 0 Å². The van der Waals surface area contributed by atoms with Crippen LogP contribution in [0.4, 0.5) is 5.82 Å². The van der Waals surface area contributed by atoms with Crippen molar-refractivity contribution in [1.29, 1.82) is 0 Å². The topological polar surface area (TPSA) is 83.9 Å². The number of anilines is 1. The van der Waals surface area contributed by atoms with Gasteiger partial charge in [0.25, 0.3) is 5.91 Å². The fourth-order valence-corrected chi connectivity index (χ4v) is 4.06. The van der Waals surface area contributed by atoms with Gasteiger partial charge in [0.15, 0.2) is 0 Å². The third-order valence-corrected chi connectivity index (χ3v) is 5.62. The largest absolute Gasteiger partial charge is 0.366 e. The second kappa shape index (κ2) is 7.24. The number of aryl methyl sites for hydroxylation is 2. The molecule has 1 aromatic carbocycles. The van der Waals surface area contributed by atoms with Crippen molar-refractivity contribution in [2.75, 3.05) is 5.32 Å². The summed E-state index contributed by atoms with van der Waals surface area (Å²) in [5.41, 5.74) is 7.17. The van der Waals surface area contributed by atoms with Gasteiger partial charge in [-0.3, -0.25) is 9.78 Å². The van der Waals surface area contributed by atoms with Crippen molar-refractivity contribution in [3.8, 4) is 0 Å². The van der Waals surface area contributed by atoms with Gasteiger partial charge in [0, 0.05) is 37.1 Å². The summed E-state index contributed by atoms with van der Waals surface area (Å²) in [5, 5.41) is 3.47. The molecule has 0 saturated heterocycles. The molecule has 1 amide bonds. The molecule has 7 nitrogen and oxygen atoms in total. The van der Waals surface area contributed by atoms with Gasteiger partial charge in [-0.2, -0.15) is 0 Å². The molecule has 29 heavy (non-hydrogen) atoms. The van der Waals surface area contributed by atoms with E-state index in [1.54, 1.807) is 18.7 Å². The van der Waals surface area contributed by atoms with E-state index in [1.807, 2.05) is 11.8 Å². The number of benzene rings is 1. The molecule has 1 aliphatic heterocycles. The predicted octanol–water partition coefficient (Wildman–Crippen LogP) is 2.83. The number of rotatable bonds is 4. The summed E-state index contributed by atoms with van der Waals surface area (Å²) in [6, 6.07) is 6.41. The number of nitrogens with zero attached hydrogens (tertiary/aromatic N) is 5. The van der Waals surface area contributed by atoms with E-state index in [0.717, 1.165) is 30.8 Å². The van der Waals surface area contributed by atoms with Crippen molar-refractivity contribution >= 4 is 11.7 Å².